The molecule has 0 saturated carbocycles. The number of aromatic nitrogens is 3. The van der Waals surface area contributed by atoms with Gasteiger partial charge in [-0.05, 0) is 13.8 Å². The van der Waals surface area contributed by atoms with E-state index in [-0.39, 0.29) is 5.91 Å². The highest BCUT2D eigenvalue weighted by Crippen LogP contribution is 2.21. The van der Waals surface area contributed by atoms with Crippen LogP contribution in [0, 0.1) is 0 Å². The predicted octanol–water partition coefficient (Wildman–Crippen LogP) is 2.34. The van der Waals surface area contributed by atoms with Gasteiger partial charge in [-0.15, -0.1) is 11.3 Å². The summed E-state index contributed by atoms with van der Waals surface area (Å²) in [5.41, 5.74) is 1.90. The standard InChI is InChI=1S/C13H19N5OS/c1-4-17-8-11(7-15-17)14-6-12-9-20-13(16-12)18(5-2)10(3)19/h7-9,14H,4-6H2,1-3H3. The highest BCUT2D eigenvalue weighted by Gasteiger charge is 2.13. The molecule has 2 aromatic heterocycles. The second kappa shape index (κ2) is 6.51. The molecule has 0 spiro atoms. The average Bonchev–Trinajstić information content (AvgIpc) is 3.05. The monoisotopic (exact) mass is 293 g/mol. The molecule has 0 aliphatic carbocycles. The van der Waals surface area contributed by atoms with Gasteiger partial charge in [-0.3, -0.25) is 14.4 Å². The second-order valence-electron chi connectivity index (χ2n) is 4.32. The van der Waals surface area contributed by atoms with Gasteiger partial charge in [0.2, 0.25) is 5.91 Å². The number of nitrogens with one attached hydrogen (secondary N) is 1. The molecule has 0 bridgehead atoms. The summed E-state index contributed by atoms with van der Waals surface area (Å²) in [4.78, 5) is 17.6. The normalized spacial score (nSPS) is 10.6. The van der Waals surface area contributed by atoms with E-state index >= 15 is 0 Å². The highest BCUT2D eigenvalue weighted by molar-refractivity contribution is 7.14. The van der Waals surface area contributed by atoms with Gasteiger partial charge in [-0.2, -0.15) is 5.10 Å². The van der Waals surface area contributed by atoms with Crippen LogP contribution in [0.1, 0.15) is 26.5 Å². The number of carbonyl (C=O) groups is 1. The number of thiazole rings is 1. The van der Waals surface area contributed by atoms with Gasteiger partial charge in [-0.1, -0.05) is 0 Å². The zero-order chi connectivity index (χ0) is 14.5. The van der Waals surface area contributed by atoms with Gasteiger partial charge < -0.3 is 5.32 Å². The highest BCUT2D eigenvalue weighted by atomic mass is 32.1. The number of hydrogen-bond acceptors (Lipinski definition) is 5. The van der Waals surface area contributed by atoms with Crippen molar-refractivity contribution in [1.82, 2.24) is 14.8 Å². The minimum atomic E-state index is 0.0191. The van der Waals surface area contributed by atoms with Crippen LogP contribution in [0.15, 0.2) is 17.8 Å². The molecular weight excluding hydrogens is 274 g/mol. The molecule has 2 rings (SSSR count). The van der Waals surface area contributed by atoms with E-state index in [1.54, 1.807) is 18.0 Å². The Balaban J connectivity index is 1.97. The molecule has 0 aliphatic heterocycles. The Hall–Kier alpha value is -1.89. The fraction of sp³-hybridized carbons (Fsp3) is 0.462. The van der Waals surface area contributed by atoms with Crippen molar-refractivity contribution in [1.29, 1.82) is 0 Å². The second-order valence-corrected chi connectivity index (χ2v) is 5.16. The average molecular weight is 293 g/mol. The summed E-state index contributed by atoms with van der Waals surface area (Å²) in [5, 5.41) is 10.2. The fourth-order valence-electron chi connectivity index (χ4n) is 1.81. The number of aryl methyl sites for hydroxylation is 1. The molecule has 0 aromatic carbocycles. The zero-order valence-electron chi connectivity index (χ0n) is 12.0. The van der Waals surface area contributed by atoms with Gasteiger partial charge in [0.25, 0.3) is 0 Å². The van der Waals surface area contributed by atoms with E-state index in [9.17, 15) is 4.79 Å². The molecule has 1 amide bonds. The Morgan fingerprint density at radius 3 is 2.90 bits per heavy atom. The molecule has 0 unspecified atom stereocenters. The summed E-state index contributed by atoms with van der Waals surface area (Å²) in [6, 6.07) is 0. The minimum absolute atomic E-state index is 0.0191. The van der Waals surface area contributed by atoms with Gasteiger partial charge in [0.05, 0.1) is 24.1 Å². The molecule has 2 heterocycles. The third-order valence-corrected chi connectivity index (χ3v) is 3.81. The van der Waals surface area contributed by atoms with Crippen molar-refractivity contribution in [2.75, 3.05) is 16.8 Å². The van der Waals surface area contributed by atoms with Crippen molar-refractivity contribution in [3.8, 4) is 0 Å². The van der Waals surface area contributed by atoms with Crippen molar-refractivity contribution < 1.29 is 4.79 Å². The summed E-state index contributed by atoms with van der Waals surface area (Å²) in [5.74, 6) is 0.0191. The number of nitrogens with zero attached hydrogens (tertiary/aromatic N) is 4. The summed E-state index contributed by atoms with van der Waals surface area (Å²) in [6.45, 7) is 7.67. The molecule has 20 heavy (non-hydrogen) atoms. The maximum atomic E-state index is 11.5. The van der Waals surface area contributed by atoms with Crippen LogP contribution in [0.3, 0.4) is 0 Å². The third kappa shape index (κ3) is 3.36. The van der Waals surface area contributed by atoms with E-state index in [2.05, 4.69) is 15.4 Å². The molecule has 0 fully saturated rings. The first-order chi connectivity index (χ1) is 9.63. The van der Waals surface area contributed by atoms with Crippen molar-refractivity contribution in [2.24, 2.45) is 0 Å². The molecule has 108 valence electrons. The van der Waals surface area contributed by atoms with E-state index in [0.29, 0.717) is 13.1 Å². The number of anilines is 2. The van der Waals surface area contributed by atoms with Crippen molar-refractivity contribution in [3.05, 3.63) is 23.5 Å². The maximum Gasteiger partial charge on any atom is 0.225 e. The Bertz CT molecular complexity index is 577. The first-order valence-corrected chi connectivity index (χ1v) is 7.50. The Morgan fingerprint density at radius 2 is 2.30 bits per heavy atom. The first kappa shape index (κ1) is 14.5. The van der Waals surface area contributed by atoms with Crippen LogP contribution in [-0.4, -0.2) is 27.2 Å². The largest absolute Gasteiger partial charge is 0.377 e. The van der Waals surface area contributed by atoms with Crippen LogP contribution in [0.25, 0.3) is 0 Å². The molecule has 6 nitrogen and oxygen atoms in total. The van der Waals surface area contributed by atoms with Crippen molar-refractivity contribution >= 4 is 28.1 Å². The van der Waals surface area contributed by atoms with Crippen LogP contribution in [-0.2, 0) is 17.9 Å². The zero-order valence-corrected chi connectivity index (χ0v) is 12.8. The van der Waals surface area contributed by atoms with Crippen LogP contribution in [0.2, 0.25) is 0 Å². The van der Waals surface area contributed by atoms with E-state index in [1.165, 1.54) is 11.3 Å². The smallest absolute Gasteiger partial charge is 0.225 e. The Morgan fingerprint density at radius 1 is 1.50 bits per heavy atom. The Kier molecular flexibility index (Phi) is 4.73. The molecule has 2 aromatic rings. The number of carbonyl (C=O) groups excluding carboxylic acids is 1. The van der Waals surface area contributed by atoms with Gasteiger partial charge in [-0.25, -0.2) is 4.98 Å². The summed E-state index contributed by atoms with van der Waals surface area (Å²) >= 11 is 1.49. The van der Waals surface area contributed by atoms with Crippen LogP contribution >= 0.6 is 11.3 Å². The van der Waals surface area contributed by atoms with Gasteiger partial charge in [0, 0.05) is 31.6 Å². The molecule has 0 radical (unpaired) electrons. The SMILES string of the molecule is CCN(C(C)=O)c1nc(CNc2cnn(CC)c2)cs1. The van der Waals surface area contributed by atoms with E-state index in [0.717, 1.165) is 23.1 Å². The quantitative estimate of drug-likeness (QED) is 0.888. The van der Waals surface area contributed by atoms with E-state index in [4.69, 9.17) is 0 Å². The van der Waals surface area contributed by atoms with Crippen LogP contribution < -0.4 is 10.2 Å². The van der Waals surface area contributed by atoms with Gasteiger partial charge >= 0.3 is 0 Å². The molecule has 1 N–H and O–H groups in total. The van der Waals surface area contributed by atoms with E-state index in [1.807, 2.05) is 30.1 Å². The van der Waals surface area contributed by atoms with Crippen molar-refractivity contribution in [2.45, 2.75) is 33.9 Å². The molecule has 0 aliphatic rings. The van der Waals surface area contributed by atoms with Crippen molar-refractivity contribution in [3.63, 3.8) is 0 Å². The topological polar surface area (TPSA) is 63.1 Å². The molecule has 0 saturated heterocycles. The van der Waals surface area contributed by atoms with Gasteiger partial charge in [0.1, 0.15) is 0 Å². The lowest BCUT2D eigenvalue weighted by molar-refractivity contribution is -0.116. The first-order valence-electron chi connectivity index (χ1n) is 6.62. The Labute approximate surface area is 122 Å². The summed E-state index contributed by atoms with van der Waals surface area (Å²) in [7, 11) is 0. The lowest BCUT2D eigenvalue weighted by Crippen LogP contribution is -2.27. The number of hydrogen-bond donors (Lipinski definition) is 1. The lowest BCUT2D eigenvalue weighted by Gasteiger charge is -2.14. The third-order valence-electron chi connectivity index (χ3n) is 2.90. The maximum absolute atomic E-state index is 11.5. The molecule has 0 atom stereocenters. The lowest BCUT2D eigenvalue weighted by atomic mass is 10.4. The van der Waals surface area contributed by atoms with Gasteiger partial charge in [0.15, 0.2) is 5.13 Å². The summed E-state index contributed by atoms with van der Waals surface area (Å²) in [6.07, 6.45) is 3.76. The fourth-order valence-corrected chi connectivity index (χ4v) is 2.75. The minimum Gasteiger partial charge on any atom is -0.377 e. The van der Waals surface area contributed by atoms with Crippen LogP contribution in [0.5, 0.6) is 0 Å². The molecule has 7 heteroatoms. The van der Waals surface area contributed by atoms with Crippen LogP contribution in [0.4, 0.5) is 10.8 Å². The summed E-state index contributed by atoms with van der Waals surface area (Å²) < 4.78 is 1.86. The van der Waals surface area contributed by atoms with E-state index < -0.39 is 0 Å². The number of rotatable bonds is 6. The molecular formula is C13H19N5OS. The number of amides is 1. The predicted molar refractivity (Wildman–Crippen MR) is 81.0 cm³/mol.